The molecule has 1 fully saturated rings. The summed E-state index contributed by atoms with van der Waals surface area (Å²) in [6.45, 7) is 0. The van der Waals surface area contributed by atoms with E-state index in [0.717, 1.165) is 14.9 Å². The third-order valence-corrected chi connectivity index (χ3v) is 4.73. The first-order chi connectivity index (χ1) is 13.0. The number of furan rings is 1. The van der Waals surface area contributed by atoms with Crippen molar-refractivity contribution in [1.82, 2.24) is 5.32 Å². The molecule has 1 aromatic heterocycles. The molecule has 1 aliphatic heterocycles. The number of nitrogens with zero attached hydrogens (tertiary/aromatic N) is 1. The second-order valence-corrected chi connectivity index (χ2v) is 7.17. The van der Waals surface area contributed by atoms with Gasteiger partial charge >= 0.3 is 6.03 Å². The van der Waals surface area contributed by atoms with Gasteiger partial charge in [-0.2, -0.15) is 0 Å². The number of nitrogens with one attached hydrogen (secondary N) is 1. The molecule has 7 heteroatoms. The Kier molecular flexibility index (Phi) is 4.59. The molecule has 0 saturated carbocycles. The molecule has 0 spiro atoms. The van der Waals surface area contributed by atoms with E-state index in [4.69, 9.17) is 16.0 Å². The molecular formula is C20H12BrClN2O3. The molecule has 0 radical (unpaired) electrons. The van der Waals surface area contributed by atoms with Crippen molar-refractivity contribution >= 4 is 51.2 Å². The third-order valence-electron chi connectivity index (χ3n) is 3.99. The molecule has 0 unspecified atom stereocenters. The van der Waals surface area contributed by atoms with Crippen LogP contribution in [0.25, 0.3) is 17.4 Å². The van der Waals surface area contributed by atoms with Crippen LogP contribution in [0.5, 0.6) is 0 Å². The fourth-order valence-corrected chi connectivity index (χ4v) is 3.25. The fourth-order valence-electron chi connectivity index (χ4n) is 2.73. The Bertz CT molecular complexity index is 1070. The predicted octanol–water partition coefficient (Wildman–Crippen LogP) is 5.46. The highest BCUT2D eigenvalue weighted by atomic mass is 79.9. The van der Waals surface area contributed by atoms with E-state index in [1.54, 1.807) is 30.3 Å². The summed E-state index contributed by atoms with van der Waals surface area (Å²) in [5.41, 5.74) is 1.49. The summed E-state index contributed by atoms with van der Waals surface area (Å²) in [7, 11) is 0. The quantitative estimate of drug-likeness (QED) is 0.432. The van der Waals surface area contributed by atoms with E-state index in [2.05, 4.69) is 21.2 Å². The van der Waals surface area contributed by atoms with Crippen LogP contribution in [0.15, 0.2) is 75.3 Å². The van der Waals surface area contributed by atoms with Gasteiger partial charge < -0.3 is 9.73 Å². The van der Waals surface area contributed by atoms with Crippen molar-refractivity contribution in [1.29, 1.82) is 0 Å². The normalized spacial score (nSPS) is 15.5. The number of imide groups is 1. The first-order valence-electron chi connectivity index (χ1n) is 8.00. The second kappa shape index (κ2) is 7.06. The summed E-state index contributed by atoms with van der Waals surface area (Å²) in [5, 5.41) is 3.10. The van der Waals surface area contributed by atoms with Gasteiger partial charge in [-0.05, 0) is 48.5 Å². The van der Waals surface area contributed by atoms with Gasteiger partial charge in [0.2, 0.25) is 0 Å². The van der Waals surface area contributed by atoms with E-state index in [1.807, 2.05) is 30.3 Å². The minimum absolute atomic E-state index is 0.144. The predicted molar refractivity (Wildman–Crippen MR) is 107 cm³/mol. The van der Waals surface area contributed by atoms with Gasteiger partial charge in [-0.25, -0.2) is 9.69 Å². The number of hydrogen-bond acceptors (Lipinski definition) is 3. The minimum Gasteiger partial charge on any atom is -0.457 e. The zero-order chi connectivity index (χ0) is 19.0. The van der Waals surface area contributed by atoms with Crippen LogP contribution < -0.4 is 10.2 Å². The second-order valence-electron chi connectivity index (χ2n) is 5.82. The maximum Gasteiger partial charge on any atom is 0.333 e. The van der Waals surface area contributed by atoms with Gasteiger partial charge in [0.15, 0.2) is 0 Å². The van der Waals surface area contributed by atoms with Crippen LogP contribution in [-0.4, -0.2) is 11.9 Å². The lowest BCUT2D eigenvalue weighted by Gasteiger charge is -2.11. The number of amides is 3. The van der Waals surface area contributed by atoms with Crippen molar-refractivity contribution in [2.75, 3.05) is 4.90 Å². The average molecular weight is 444 g/mol. The van der Waals surface area contributed by atoms with Crippen LogP contribution in [0.2, 0.25) is 5.02 Å². The Balaban J connectivity index is 1.61. The molecule has 0 atom stereocenters. The van der Waals surface area contributed by atoms with Gasteiger partial charge in [0.25, 0.3) is 5.91 Å². The van der Waals surface area contributed by atoms with Crippen LogP contribution in [0.4, 0.5) is 10.5 Å². The molecule has 1 N–H and O–H groups in total. The molecule has 0 aliphatic carbocycles. The lowest BCUT2D eigenvalue weighted by atomic mass is 10.2. The highest BCUT2D eigenvalue weighted by Crippen LogP contribution is 2.27. The molecule has 3 aromatic rings. The van der Waals surface area contributed by atoms with E-state index in [-0.39, 0.29) is 5.70 Å². The van der Waals surface area contributed by atoms with Crippen LogP contribution in [0, 0.1) is 0 Å². The molecule has 5 nitrogen and oxygen atoms in total. The van der Waals surface area contributed by atoms with Crippen LogP contribution in [0.3, 0.4) is 0 Å². The first kappa shape index (κ1) is 17.6. The maximum absolute atomic E-state index is 12.6. The fraction of sp³-hybridized carbons (Fsp3) is 0. The van der Waals surface area contributed by atoms with Gasteiger partial charge in [0.05, 0.1) is 5.69 Å². The summed E-state index contributed by atoms with van der Waals surface area (Å²) < 4.78 is 6.73. The van der Waals surface area contributed by atoms with Gasteiger partial charge in [-0.15, -0.1) is 0 Å². The Labute approximate surface area is 168 Å². The van der Waals surface area contributed by atoms with E-state index >= 15 is 0 Å². The number of carbonyl (C=O) groups excluding carboxylic acids is 2. The molecule has 2 aromatic carbocycles. The highest BCUT2D eigenvalue weighted by Gasteiger charge is 2.35. The van der Waals surface area contributed by atoms with Crippen LogP contribution >= 0.6 is 27.5 Å². The Hall–Kier alpha value is -2.83. The molecular weight excluding hydrogens is 432 g/mol. The SMILES string of the molecule is O=C1N/C(=C/c2ccc(-c3cccc(Br)c3)o2)C(=O)N1c1ccc(Cl)cc1. The molecule has 4 rings (SSSR count). The number of hydrogen-bond donors (Lipinski definition) is 1. The molecule has 2 heterocycles. The minimum atomic E-state index is -0.521. The van der Waals surface area contributed by atoms with E-state index < -0.39 is 11.9 Å². The van der Waals surface area contributed by atoms with Crippen LogP contribution in [-0.2, 0) is 4.79 Å². The summed E-state index contributed by atoms with van der Waals surface area (Å²) in [4.78, 5) is 25.9. The van der Waals surface area contributed by atoms with Crippen molar-refractivity contribution in [2.45, 2.75) is 0 Å². The first-order valence-corrected chi connectivity index (χ1v) is 9.17. The van der Waals surface area contributed by atoms with Crippen molar-refractivity contribution in [2.24, 2.45) is 0 Å². The van der Waals surface area contributed by atoms with Crippen LogP contribution in [0.1, 0.15) is 5.76 Å². The average Bonchev–Trinajstić information content (AvgIpc) is 3.21. The zero-order valence-electron chi connectivity index (χ0n) is 13.8. The number of urea groups is 1. The smallest absolute Gasteiger partial charge is 0.333 e. The highest BCUT2D eigenvalue weighted by molar-refractivity contribution is 9.10. The Morgan fingerprint density at radius 1 is 1.04 bits per heavy atom. The number of rotatable bonds is 3. The lowest BCUT2D eigenvalue weighted by molar-refractivity contribution is -0.113. The molecule has 1 aliphatic rings. The van der Waals surface area contributed by atoms with Crippen molar-refractivity contribution in [3.63, 3.8) is 0 Å². The maximum atomic E-state index is 12.6. The van der Waals surface area contributed by atoms with E-state index in [0.29, 0.717) is 22.2 Å². The van der Waals surface area contributed by atoms with Crippen molar-refractivity contribution in [3.8, 4) is 11.3 Å². The van der Waals surface area contributed by atoms with Gasteiger partial charge in [0.1, 0.15) is 17.2 Å². The van der Waals surface area contributed by atoms with Crippen molar-refractivity contribution in [3.05, 3.63) is 81.6 Å². The number of anilines is 1. The summed E-state index contributed by atoms with van der Waals surface area (Å²) in [6.07, 6.45) is 1.51. The molecule has 0 bridgehead atoms. The molecule has 1 saturated heterocycles. The van der Waals surface area contributed by atoms with Gasteiger partial charge in [0, 0.05) is 21.1 Å². The Morgan fingerprint density at radius 2 is 1.81 bits per heavy atom. The Morgan fingerprint density at radius 3 is 2.56 bits per heavy atom. The topological polar surface area (TPSA) is 62.6 Å². The molecule has 134 valence electrons. The van der Waals surface area contributed by atoms with Gasteiger partial charge in [-0.1, -0.05) is 39.7 Å². The number of carbonyl (C=O) groups is 2. The number of benzene rings is 2. The monoisotopic (exact) mass is 442 g/mol. The standard InChI is InChI=1S/C20H12BrClN2O3/c21-13-3-1-2-12(10-13)18-9-8-16(27-18)11-17-19(25)24(20(26)23-17)15-6-4-14(22)5-7-15/h1-11H,(H,23,26)/b17-11+. The lowest BCUT2D eigenvalue weighted by Crippen LogP contribution is -2.30. The van der Waals surface area contributed by atoms with E-state index in [1.165, 1.54) is 6.08 Å². The molecule has 3 amide bonds. The van der Waals surface area contributed by atoms with E-state index in [9.17, 15) is 9.59 Å². The van der Waals surface area contributed by atoms with Crippen molar-refractivity contribution < 1.29 is 14.0 Å². The third kappa shape index (κ3) is 3.54. The largest absolute Gasteiger partial charge is 0.457 e. The summed E-state index contributed by atoms with van der Waals surface area (Å²) in [6, 6.07) is 17.2. The molecule has 27 heavy (non-hydrogen) atoms. The summed E-state index contributed by atoms with van der Waals surface area (Å²) >= 11 is 9.28. The number of halogens is 2. The zero-order valence-corrected chi connectivity index (χ0v) is 16.1. The van der Waals surface area contributed by atoms with Gasteiger partial charge in [-0.3, -0.25) is 4.79 Å². The summed E-state index contributed by atoms with van der Waals surface area (Å²) in [5.74, 6) is 0.670.